The van der Waals surface area contributed by atoms with Crippen molar-refractivity contribution in [2.45, 2.75) is 13.0 Å². The molecule has 0 bridgehead atoms. The lowest BCUT2D eigenvalue weighted by Gasteiger charge is -2.13. The van der Waals surface area contributed by atoms with Gasteiger partial charge in [0.05, 0.1) is 4.47 Å². The van der Waals surface area contributed by atoms with E-state index in [1.807, 2.05) is 54.6 Å². The fourth-order valence-electron chi connectivity index (χ4n) is 2.53. The molecular weight excluding hydrogens is 364 g/mol. The van der Waals surface area contributed by atoms with Gasteiger partial charge in [-0.25, -0.2) is 0 Å². The van der Waals surface area contributed by atoms with Gasteiger partial charge in [0.15, 0.2) is 0 Å². The van der Waals surface area contributed by atoms with Crippen molar-refractivity contribution in [2.24, 2.45) is 0 Å². The first-order chi connectivity index (χ1) is 11.8. The first-order valence-electron chi connectivity index (χ1n) is 7.74. The van der Waals surface area contributed by atoms with Gasteiger partial charge in [0.2, 0.25) is 0 Å². The number of aldehydes is 1. The summed E-state index contributed by atoms with van der Waals surface area (Å²) in [7, 11) is 0. The minimum atomic E-state index is 0.465. The number of ether oxygens (including phenoxy) is 1. The molecule has 2 nitrogen and oxygen atoms in total. The number of halogens is 1. The summed E-state index contributed by atoms with van der Waals surface area (Å²) in [6, 6.07) is 23.8. The second-order valence-corrected chi connectivity index (χ2v) is 6.34. The molecule has 0 heterocycles. The van der Waals surface area contributed by atoms with E-state index < -0.39 is 0 Å². The Labute approximate surface area is 150 Å². The molecule has 3 rings (SSSR count). The molecule has 120 valence electrons. The topological polar surface area (TPSA) is 26.3 Å². The van der Waals surface area contributed by atoms with Crippen LogP contribution < -0.4 is 4.74 Å². The minimum absolute atomic E-state index is 0.465. The molecule has 3 heteroatoms. The summed E-state index contributed by atoms with van der Waals surface area (Å²) in [6.45, 7) is 0.465. The molecule has 0 aliphatic rings. The van der Waals surface area contributed by atoms with Crippen LogP contribution in [0.5, 0.6) is 5.75 Å². The van der Waals surface area contributed by atoms with E-state index >= 15 is 0 Å². The van der Waals surface area contributed by atoms with E-state index in [1.165, 1.54) is 5.56 Å². The number of benzene rings is 3. The highest BCUT2D eigenvalue weighted by molar-refractivity contribution is 9.10. The van der Waals surface area contributed by atoms with Crippen LogP contribution in [0.2, 0.25) is 0 Å². The third-order valence-electron chi connectivity index (χ3n) is 3.75. The maximum atomic E-state index is 11.3. The van der Waals surface area contributed by atoms with Gasteiger partial charge >= 0.3 is 0 Å². The third kappa shape index (κ3) is 4.12. The summed E-state index contributed by atoms with van der Waals surface area (Å²) in [6.07, 6.45) is 1.60. The Bertz CT molecular complexity index is 814. The van der Waals surface area contributed by atoms with E-state index in [2.05, 4.69) is 28.1 Å². The second kappa shape index (κ2) is 7.93. The zero-order valence-corrected chi connectivity index (χ0v) is 14.7. The molecule has 0 aliphatic carbocycles. The van der Waals surface area contributed by atoms with Crippen molar-refractivity contribution >= 4 is 22.2 Å². The van der Waals surface area contributed by atoms with Crippen LogP contribution in [-0.4, -0.2) is 6.29 Å². The summed E-state index contributed by atoms with van der Waals surface area (Å²) < 4.78 is 6.83. The van der Waals surface area contributed by atoms with Crippen molar-refractivity contribution in [1.29, 1.82) is 0 Å². The molecule has 0 radical (unpaired) electrons. The van der Waals surface area contributed by atoms with Gasteiger partial charge in [0.25, 0.3) is 0 Å². The molecule has 0 saturated carbocycles. The molecule has 0 unspecified atom stereocenters. The van der Waals surface area contributed by atoms with Crippen LogP contribution in [0, 0.1) is 0 Å². The molecule has 0 N–H and O–H groups in total. The number of hydrogen-bond acceptors (Lipinski definition) is 2. The van der Waals surface area contributed by atoms with Gasteiger partial charge in [-0.3, -0.25) is 4.79 Å². The van der Waals surface area contributed by atoms with Crippen molar-refractivity contribution in [3.63, 3.8) is 0 Å². The van der Waals surface area contributed by atoms with Crippen LogP contribution in [0.15, 0.2) is 77.3 Å². The van der Waals surface area contributed by atoms with Gasteiger partial charge in [-0.05, 0) is 51.2 Å². The molecule has 3 aromatic rings. The Balaban J connectivity index is 1.85. The van der Waals surface area contributed by atoms with E-state index in [-0.39, 0.29) is 0 Å². The maximum absolute atomic E-state index is 11.3. The lowest BCUT2D eigenvalue weighted by Crippen LogP contribution is -2.00. The van der Waals surface area contributed by atoms with E-state index in [1.54, 1.807) is 6.07 Å². The highest BCUT2D eigenvalue weighted by Crippen LogP contribution is 2.32. The SMILES string of the molecule is O=Cc1cc(Cc2ccccc2)c(Br)c(OCc2ccccc2)c1. The summed E-state index contributed by atoms with van der Waals surface area (Å²) in [5, 5.41) is 0. The first kappa shape index (κ1) is 16.5. The molecule has 0 atom stereocenters. The Morgan fingerprint density at radius 1 is 0.875 bits per heavy atom. The van der Waals surface area contributed by atoms with Crippen LogP contribution in [0.1, 0.15) is 27.0 Å². The minimum Gasteiger partial charge on any atom is -0.488 e. The van der Waals surface area contributed by atoms with Gasteiger partial charge in [0.1, 0.15) is 18.6 Å². The predicted molar refractivity (Wildman–Crippen MR) is 99.6 cm³/mol. The van der Waals surface area contributed by atoms with E-state index in [4.69, 9.17) is 4.74 Å². The monoisotopic (exact) mass is 380 g/mol. The molecule has 0 spiro atoms. The molecular formula is C21H17BrO2. The largest absolute Gasteiger partial charge is 0.488 e. The van der Waals surface area contributed by atoms with Crippen LogP contribution in [0.25, 0.3) is 0 Å². The summed E-state index contributed by atoms with van der Waals surface area (Å²) >= 11 is 3.63. The van der Waals surface area contributed by atoms with E-state index in [0.29, 0.717) is 17.9 Å². The average Bonchev–Trinajstić information content (AvgIpc) is 2.64. The number of hydrogen-bond donors (Lipinski definition) is 0. The van der Waals surface area contributed by atoms with Crippen molar-refractivity contribution < 1.29 is 9.53 Å². The van der Waals surface area contributed by atoms with Gasteiger partial charge in [-0.15, -0.1) is 0 Å². The second-order valence-electron chi connectivity index (χ2n) is 5.55. The molecule has 0 aliphatic heterocycles. The van der Waals surface area contributed by atoms with Gasteiger partial charge in [0, 0.05) is 5.56 Å². The number of carbonyl (C=O) groups excluding carboxylic acids is 1. The smallest absolute Gasteiger partial charge is 0.150 e. The standard InChI is InChI=1S/C21H17BrO2/c22-21-19(11-16-7-3-1-4-8-16)12-18(14-23)13-20(21)24-15-17-9-5-2-6-10-17/h1-10,12-14H,11,15H2. The van der Waals surface area contributed by atoms with Gasteiger partial charge < -0.3 is 4.74 Å². The van der Waals surface area contributed by atoms with Crippen LogP contribution in [0.3, 0.4) is 0 Å². The molecule has 0 aromatic heterocycles. The maximum Gasteiger partial charge on any atom is 0.150 e. The Kier molecular flexibility index (Phi) is 5.44. The fraction of sp³-hybridized carbons (Fsp3) is 0.0952. The zero-order valence-electron chi connectivity index (χ0n) is 13.1. The zero-order chi connectivity index (χ0) is 16.8. The average molecular weight is 381 g/mol. The Morgan fingerprint density at radius 3 is 2.12 bits per heavy atom. The number of carbonyl (C=O) groups is 1. The normalized spacial score (nSPS) is 10.4. The van der Waals surface area contributed by atoms with Crippen molar-refractivity contribution in [3.05, 3.63) is 99.5 Å². The Hall–Kier alpha value is -2.39. The lowest BCUT2D eigenvalue weighted by molar-refractivity contribution is 0.112. The van der Waals surface area contributed by atoms with Crippen molar-refractivity contribution in [1.82, 2.24) is 0 Å². The summed E-state index contributed by atoms with van der Waals surface area (Å²) in [5.74, 6) is 0.689. The van der Waals surface area contributed by atoms with E-state index in [0.717, 1.165) is 28.3 Å². The number of rotatable bonds is 6. The lowest BCUT2D eigenvalue weighted by atomic mass is 10.0. The quantitative estimate of drug-likeness (QED) is 0.532. The van der Waals surface area contributed by atoms with Crippen LogP contribution in [0.4, 0.5) is 0 Å². The highest BCUT2D eigenvalue weighted by atomic mass is 79.9. The van der Waals surface area contributed by atoms with Crippen molar-refractivity contribution in [3.8, 4) is 5.75 Å². The Morgan fingerprint density at radius 2 is 1.50 bits per heavy atom. The van der Waals surface area contributed by atoms with Gasteiger partial charge in [-0.2, -0.15) is 0 Å². The highest BCUT2D eigenvalue weighted by Gasteiger charge is 2.11. The molecule has 0 saturated heterocycles. The van der Waals surface area contributed by atoms with Crippen LogP contribution in [-0.2, 0) is 13.0 Å². The molecule has 0 fully saturated rings. The van der Waals surface area contributed by atoms with E-state index in [9.17, 15) is 4.79 Å². The molecule has 0 amide bonds. The summed E-state index contributed by atoms with van der Waals surface area (Å²) in [4.78, 5) is 11.3. The van der Waals surface area contributed by atoms with Gasteiger partial charge in [-0.1, -0.05) is 60.7 Å². The third-order valence-corrected chi connectivity index (χ3v) is 4.65. The first-order valence-corrected chi connectivity index (χ1v) is 8.54. The van der Waals surface area contributed by atoms with Crippen molar-refractivity contribution in [2.75, 3.05) is 0 Å². The summed E-state index contributed by atoms with van der Waals surface area (Å²) in [5.41, 5.74) is 3.93. The fourth-order valence-corrected chi connectivity index (χ4v) is 3.02. The molecule has 3 aromatic carbocycles. The molecule has 24 heavy (non-hydrogen) atoms. The van der Waals surface area contributed by atoms with Crippen LogP contribution >= 0.6 is 15.9 Å². The predicted octanol–water partition coefficient (Wildman–Crippen LogP) is 5.43.